The average Bonchev–Trinajstić information content (AvgIpc) is 3.27. The van der Waals surface area contributed by atoms with Crippen LogP contribution in [0.3, 0.4) is 0 Å². The van der Waals surface area contributed by atoms with E-state index in [1.54, 1.807) is 33.6 Å². The Morgan fingerprint density at radius 2 is 1.81 bits per heavy atom. The van der Waals surface area contributed by atoms with Crippen LogP contribution in [-0.4, -0.2) is 81.3 Å². The van der Waals surface area contributed by atoms with Crippen LogP contribution in [0.2, 0.25) is 0 Å². The van der Waals surface area contributed by atoms with Gasteiger partial charge < -0.3 is 18.9 Å². The maximum atomic E-state index is 14.4. The zero-order valence-electron chi connectivity index (χ0n) is 33.9. The number of methoxy groups -OCH3 is 1. The molecule has 2 aromatic carbocycles. The number of carbonyl (C=O) groups excluding carboxylic acids is 2. The van der Waals surface area contributed by atoms with Crippen molar-refractivity contribution in [2.24, 2.45) is 0 Å². The molecule has 3 aromatic rings. The highest BCUT2D eigenvalue weighted by atomic mass is 32.2. The molecule has 2 aliphatic heterocycles. The highest BCUT2D eigenvalue weighted by Gasteiger charge is 2.31. The first-order chi connectivity index (χ1) is 24.3. The maximum Gasteiger partial charge on any atom is 0.303 e. The Morgan fingerprint density at radius 1 is 1.05 bits per heavy atom. The predicted molar refractivity (Wildman–Crippen MR) is 165 cm³/mol. The summed E-state index contributed by atoms with van der Waals surface area (Å²) in [5, 5.41) is 0.635. The molecule has 11 heteroatoms. The van der Waals surface area contributed by atoms with Crippen LogP contribution < -0.4 is 9.46 Å². The molecular weight excluding hydrogens is 568 g/mol. The van der Waals surface area contributed by atoms with Crippen molar-refractivity contribution < 1.29 is 41.2 Å². The Morgan fingerprint density at radius 3 is 2.58 bits per heavy atom. The molecule has 0 spiro atoms. The summed E-state index contributed by atoms with van der Waals surface area (Å²) < 4.78 is 124. The summed E-state index contributed by atoms with van der Waals surface area (Å²) in [5.41, 5.74) is 2.65. The molecule has 0 unspecified atom stereocenters. The Bertz CT molecular complexity index is 2160. The van der Waals surface area contributed by atoms with Crippen LogP contribution >= 0.6 is 0 Å². The molecule has 228 valence electrons. The minimum absolute atomic E-state index is 0.0660. The number of carbonyl (C=O) groups is 2. The van der Waals surface area contributed by atoms with Crippen LogP contribution in [0.15, 0.2) is 42.0 Å². The zero-order chi connectivity index (χ0) is 39.3. The molecule has 1 saturated carbocycles. The second-order valence-corrected chi connectivity index (χ2v) is 12.2. The van der Waals surface area contributed by atoms with Crippen LogP contribution in [0.25, 0.3) is 28.2 Å². The summed E-state index contributed by atoms with van der Waals surface area (Å²) in [6, 6.07) is 9.56. The number of likely N-dealkylation sites (N-methyl/N-ethyl adjacent to an activating group) is 2. The summed E-state index contributed by atoms with van der Waals surface area (Å²) in [7, 11) is -2.22. The molecule has 3 aliphatic rings. The molecule has 1 fully saturated rings. The standard InChI is InChI=1S/C32H38N4O6S/c1-34-13-15-42-16-14-35(2)43(39,40)33-31(37)22-9-11-27-28(19-22)36-20-24(32(34)38)17-23-18-25(41-3)10-12-26(23)30(36)29(27)21-7-5-4-6-8-21/h9-12,17-19,21H,4-8,13-16,20H2,1-3H3,(H,33,37)/i4D2,13D2,14D2,15D2,16D2. The Hall–Kier alpha value is -3.67. The van der Waals surface area contributed by atoms with E-state index in [0.717, 1.165) is 12.6 Å². The molecular formula is C32H38N4O6S. The van der Waals surface area contributed by atoms with Crippen LogP contribution in [0.5, 0.6) is 5.75 Å². The van der Waals surface area contributed by atoms with E-state index >= 15 is 0 Å². The molecule has 1 N–H and O–H groups in total. The van der Waals surface area contributed by atoms with E-state index in [2.05, 4.69) is 0 Å². The van der Waals surface area contributed by atoms with Gasteiger partial charge in [0.1, 0.15) is 5.75 Å². The largest absolute Gasteiger partial charge is 0.497 e. The van der Waals surface area contributed by atoms with Gasteiger partial charge in [-0.05, 0) is 66.3 Å². The molecule has 1 aromatic heterocycles. The van der Waals surface area contributed by atoms with Gasteiger partial charge in [-0.25, -0.2) is 4.72 Å². The lowest BCUT2D eigenvalue weighted by atomic mass is 9.81. The van der Waals surface area contributed by atoms with E-state index in [1.165, 1.54) is 25.3 Å². The van der Waals surface area contributed by atoms with Crippen LogP contribution in [0.1, 0.15) is 73.2 Å². The van der Waals surface area contributed by atoms with Gasteiger partial charge in [-0.15, -0.1) is 0 Å². The van der Waals surface area contributed by atoms with Gasteiger partial charge in [-0.2, -0.15) is 12.7 Å². The first-order valence-electron chi connectivity index (χ1n) is 18.7. The van der Waals surface area contributed by atoms with Crippen LogP contribution in [0.4, 0.5) is 0 Å². The first kappa shape index (κ1) is 19.6. The Kier molecular flexibility index (Phi) is 5.36. The van der Waals surface area contributed by atoms with Gasteiger partial charge in [0.2, 0.25) is 0 Å². The second kappa shape index (κ2) is 11.8. The van der Waals surface area contributed by atoms with Crippen molar-refractivity contribution >= 4 is 39.0 Å². The van der Waals surface area contributed by atoms with Crippen molar-refractivity contribution in [2.75, 3.05) is 47.3 Å². The fraction of sp³-hybridized carbons (Fsp3) is 0.438. The third-order valence-electron chi connectivity index (χ3n) is 7.97. The summed E-state index contributed by atoms with van der Waals surface area (Å²) in [5.74, 6) is -2.00. The number of amides is 2. The summed E-state index contributed by atoms with van der Waals surface area (Å²) in [6.07, 6.45) is 1.64. The zero-order valence-corrected chi connectivity index (χ0v) is 24.7. The van der Waals surface area contributed by atoms with Crippen molar-refractivity contribution in [1.82, 2.24) is 18.5 Å². The van der Waals surface area contributed by atoms with E-state index in [4.69, 9.17) is 23.2 Å². The van der Waals surface area contributed by atoms with Crippen molar-refractivity contribution in [2.45, 2.75) is 44.5 Å². The minimum atomic E-state index is -5.21. The Balaban J connectivity index is 1.66. The topological polar surface area (TPSA) is 110 Å². The SMILES string of the molecule is [2H]C1([2H])CCC(c2c3n4c5cc(ccc25)C(=O)NS(=O)(=O)N(C)C([2H])([2H])C([2H])([2H])OC([2H])([2H])C([2H])([2H])N(C)C(=O)C(=Cc2cc(OC)ccc2-3)C4)CC1. The Labute approximate surface area is 266 Å². The normalized spacial score (nSPS) is 29.7. The van der Waals surface area contributed by atoms with Crippen molar-refractivity contribution in [3.8, 4) is 17.0 Å². The van der Waals surface area contributed by atoms with E-state index in [9.17, 15) is 18.0 Å². The van der Waals surface area contributed by atoms with Gasteiger partial charge in [0.25, 0.3) is 11.8 Å². The van der Waals surface area contributed by atoms with E-state index in [-0.39, 0.29) is 40.7 Å². The van der Waals surface area contributed by atoms with E-state index in [0.29, 0.717) is 58.3 Å². The third-order valence-corrected chi connectivity index (χ3v) is 9.22. The maximum absolute atomic E-state index is 14.4. The lowest BCUT2D eigenvalue weighted by Crippen LogP contribution is -2.42. The second-order valence-electron chi connectivity index (χ2n) is 10.5. The predicted octanol–water partition coefficient (Wildman–Crippen LogP) is 4.16. The van der Waals surface area contributed by atoms with Crippen LogP contribution in [-0.2, 0) is 26.3 Å². The van der Waals surface area contributed by atoms with Gasteiger partial charge in [0, 0.05) is 60.2 Å². The fourth-order valence-corrected chi connectivity index (χ4v) is 6.45. The fourth-order valence-electron chi connectivity index (χ4n) is 5.81. The molecule has 43 heavy (non-hydrogen) atoms. The molecule has 0 atom stereocenters. The molecule has 0 saturated heterocycles. The van der Waals surface area contributed by atoms with Gasteiger partial charge >= 0.3 is 10.2 Å². The summed E-state index contributed by atoms with van der Waals surface area (Å²) >= 11 is 0. The van der Waals surface area contributed by atoms with Gasteiger partial charge in [0.05, 0.1) is 40.7 Å². The van der Waals surface area contributed by atoms with Gasteiger partial charge in [-0.3, -0.25) is 9.59 Å². The quantitative estimate of drug-likeness (QED) is 0.463. The molecule has 2 amide bonds. The first-order valence-corrected chi connectivity index (χ1v) is 15.1. The van der Waals surface area contributed by atoms with Gasteiger partial charge in [0.15, 0.2) is 0 Å². The summed E-state index contributed by atoms with van der Waals surface area (Å²) in [4.78, 5) is 28.3. The number of hydrogen-bond donors (Lipinski definition) is 1. The summed E-state index contributed by atoms with van der Waals surface area (Å²) in [6.45, 7) is -15.2. The smallest absolute Gasteiger partial charge is 0.303 e. The lowest BCUT2D eigenvalue weighted by Gasteiger charge is -2.24. The number of benzene rings is 2. The van der Waals surface area contributed by atoms with Crippen LogP contribution in [0, 0.1) is 0 Å². The van der Waals surface area contributed by atoms with Crippen molar-refractivity contribution in [3.05, 3.63) is 58.7 Å². The van der Waals surface area contributed by atoms with Gasteiger partial charge in [-0.1, -0.05) is 25.3 Å². The molecule has 10 nitrogen and oxygen atoms in total. The highest BCUT2D eigenvalue weighted by Crippen LogP contribution is 2.47. The molecule has 1 aliphatic carbocycles. The highest BCUT2D eigenvalue weighted by molar-refractivity contribution is 7.87. The number of aromatic nitrogens is 1. The number of ether oxygens (including phenoxy) is 2. The third kappa shape index (κ3) is 5.57. The van der Waals surface area contributed by atoms with E-state index < -0.39 is 54.5 Å². The molecule has 6 rings (SSSR count). The molecule has 4 bridgehead atoms. The monoisotopic (exact) mass is 616 g/mol. The number of hydrogen-bond acceptors (Lipinski definition) is 6. The number of fused-ring (bicyclic) bond motifs is 4. The minimum Gasteiger partial charge on any atom is -0.497 e. The molecule has 3 heterocycles. The van der Waals surface area contributed by atoms with E-state index in [1.807, 2.05) is 0 Å². The number of rotatable bonds is 2. The average molecular weight is 617 g/mol. The number of nitrogens with one attached hydrogen (secondary N) is 1. The van der Waals surface area contributed by atoms with Crippen molar-refractivity contribution in [3.63, 3.8) is 0 Å². The molecule has 0 radical (unpaired) electrons. The number of nitrogens with zero attached hydrogens (tertiary/aromatic N) is 3. The van der Waals surface area contributed by atoms with Crippen molar-refractivity contribution in [1.29, 1.82) is 0 Å². The lowest BCUT2D eigenvalue weighted by molar-refractivity contribution is -0.126.